The molecule has 3 rings (SSSR count). The fourth-order valence-corrected chi connectivity index (χ4v) is 3.06. The molecule has 0 bridgehead atoms. The summed E-state index contributed by atoms with van der Waals surface area (Å²) in [6.07, 6.45) is 2.12. The summed E-state index contributed by atoms with van der Waals surface area (Å²) in [5.41, 5.74) is 1.03. The van der Waals surface area contributed by atoms with Crippen LogP contribution in [0.1, 0.15) is 39.8 Å². The van der Waals surface area contributed by atoms with E-state index in [4.69, 9.17) is 9.47 Å². The van der Waals surface area contributed by atoms with E-state index in [2.05, 4.69) is 9.97 Å². The van der Waals surface area contributed by atoms with E-state index < -0.39 is 5.60 Å². The molecule has 134 valence electrons. The number of carbonyl (C=O) groups excluding carboxylic acids is 1. The highest BCUT2D eigenvalue weighted by Gasteiger charge is 2.36. The minimum atomic E-state index is -0.500. The number of amides is 1. The van der Waals surface area contributed by atoms with Crippen LogP contribution in [0.5, 0.6) is 5.75 Å². The van der Waals surface area contributed by atoms with Gasteiger partial charge in [0.25, 0.3) is 0 Å². The number of aromatic nitrogens is 2. The van der Waals surface area contributed by atoms with E-state index >= 15 is 0 Å². The second-order valence-corrected chi connectivity index (χ2v) is 7.59. The van der Waals surface area contributed by atoms with Gasteiger partial charge in [-0.25, -0.2) is 14.8 Å². The lowest BCUT2D eigenvalue weighted by Crippen LogP contribution is -2.39. The van der Waals surface area contributed by atoms with Crippen molar-refractivity contribution in [1.29, 1.82) is 0 Å². The molecule has 6 nitrogen and oxygen atoms in total. The largest absolute Gasteiger partial charge is 0.488 e. The number of nitrogens with zero attached hydrogens (tertiary/aromatic N) is 3. The summed E-state index contributed by atoms with van der Waals surface area (Å²) < 4.78 is 11.7. The second kappa shape index (κ2) is 6.50. The van der Waals surface area contributed by atoms with E-state index in [0.717, 1.165) is 23.3 Å². The van der Waals surface area contributed by atoms with E-state index in [1.54, 1.807) is 11.1 Å². The van der Waals surface area contributed by atoms with Crippen molar-refractivity contribution in [3.05, 3.63) is 30.1 Å². The molecule has 1 aliphatic heterocycles. The van der Waals surface area contributed by atoms with Gasteiger partial charge in [0.1, 0.15) is 17.5 Å². The molecule has 1 fully saturated rings. The average Bonchev–Trinajstić information content (AvgIpc) is 2.86. The van der Waals surface area contributed by atoms with Crippen LogP contribution in [0.15, 0.2) is 24.4 Å². The van der Waals surface area contributed by atoms with Gasteiger partial charge in [0, 0.05) is 30.4 Å². The Morgan fingerprint density at radius 3 is 2.84 bits per heavy atom. The first-order chi connectivity index (χ1) is 11.7. The van der Waals surface area contributed by atoms with Crippen molar-refractivity contribution >= 4 is 17.1 Å². The van der Waals surface area contributed by atoms with Crippen LogP contribution in [0, 0.1) is 6.92 Å². The van der Waals surface area contributed by atoms with Crippen molar-refractivity contribution in [2.75, 3.05) is 6.54 Å². The smallest absolute Gasteiger partial charge is 0.410 e. The van der Waals surface area contributed by atoms with Gasteiger partial charge in [-0.05, 0) is 46.8 Å². The highest BCUT2D eigenvalue weighted by molar-refractivity contribution is 5.81. The van der Waals surface area contributed by atoms with Crippen molar-refractivity contribution in [3.8, 4) is 5.75 Å². The second-order valence-electron chi connectivity index (χ2n) is 7.59. The number of pyridine rings is 2. The van der Waals surface area contributed by atoms with Crippen LogP contribution >= 0.6 is 0 Å². The first-order valence-electron chi connectivity index (χ1n) is 8.61. The molecule has 2 atom stereocenters. The Bertz CT molecular complexity index is 785. The molecule has 1 aliphatic rings. The zero-order valence-corrected chi connectivity index (χ0v) is 15.4. The van der Waals surface area contributed by atoms with Crippen LogP contribution in [0.3, 0.4) is 0 Å². The number of hydrogen-bond donors (Lipinski definition) is 0. The lowest BCUT2D eigenvalue weighted by molar-refractivity contribution is 0.0224. The monoisotopic (exact) mass is 343 g/mol. The van der Waals surface area contributed by atoms with E-state index in [-0.39, 0.29) is 18.2 Å². The fourth-order valence-electron chi connectivity index (χ4n) is 3.06. The molecule has 0 unspecified atom stereocenters. The Hall–Kier alpha value is -2.37. The number of rotatable bonds is 2. The molecule has 6 heteroatoms. The van der Waals surface area contributed by atoms with Crippen LogP contribution in [0.4, 0.5) is 4.79 Å². The molecule has 2 aromatic rings. The third-order valence-electron chi connectivity index (χ3n) is 4.13. The zero-order chi connectivity index (χ0) is 18.2. The Kier molecular flexibility index (Phi) is 4.54. The van der Waals surface area contributed by atoms with Gasteiger partial charge in [0.15, 0.2) is 5.65 Å². The van der Waals surface area contributed by atoms with Gasteiger partial charge in [-0.3, -0.25) is 0 Å². The van der Waals surface area contributed by atoms with Gasteiger partial charge in [-0.2, -0.15) is 0 Å². The van der Waals surface area contributed by atoms with Gasteiger partial charge in [0.2, 0.25) is 0 Å². The number of hydrogen-bond acceptors (Lipinski definition) is 5. The number of carbonyl (C=O) groups is 1. The number of ether oxygens (including phenoxy) is 2. The lowest BCUT2D eigenvalue weighted by Gasteiger charge is -2.26. The molecule has 0 aliphatic carbocycles. The standard InChI is InChI=1S/C19H25N3O3/c1-12-9-16(15-7-6-8-20-17(15)21-12)24-14-10-13(2)22(11-14)18(23)25-19(3,4)5/h6-9,13-14H,10-11H2,1-5H3/t13-,14+/m0/s1. The predicted octanol–water partition coefficient (Wildman–Crippen LogP) is 3.71. The summed E-state index contributed by atoms with van der Waals surface area (Å²) in [4.78, 5) is 22.8. The summed E-state index contributed by atoms with van der Waals surface area (Å²) in [7, 11) is 0. The van der Waals surface area contributed by atoms with Crippen LogP contribution in [0.25, 0.3) is 11.0 Å². The fraction of sp³-hybridized carbons (Fsp3) is 0.526. The van der Waals surface area contributed by atoms with Crippen LogP contribution < -0.4 is 4.74 Å². The summed E-state index contributed by atoms with van der Waals surface area (Å²) in [5.74, 6) is 0.763. The summed E-state index contributed by atoms with van der Waals surface area (Å²) in [6, 6.07) is 5.82. The lowest BCUT2D eigenvalue weighted by atomic mass is 10.2. The maximum atomic E-state index is 12.4. The van der Waals surface area contributed by atoms with Crippen LogP contribution in [-0.4, -0.2) is 45.3 Å². The Balaban J connectivity index is 1.76. The van der Waals surface area contributed by atoms with Gasteiger partial charge in [0.05, 0.1) is 11.9 Å². The highest BCUT2D eigenvalue weighted by Crippen LogP contribution is 2.29. The molecule has 0 spiro atoms. The van der Waals surface area contributed by atoms with Crippen molar-refractivity contribution in [2.45, 2.75) is 58.8 Å². The van der Waals surface area contributed by atoms with Crippen molar-refractivity contribution in [1.82, 2.24) is 14.9 Å². The molecule has 3 heterocycles. The van der Waals surface area contributed by atoms with Crippen LogP contribution in [-0.2, 0) is 4.74 Å². The van der Waals surface area contributed by atoms with E-state index in [1.165, 1.54) is 0 Å². The van der Waals surface area contributed by atoms with Gasteiger partial charge >= 0.3 is 6.09 Å². The third kappa shape index (κ3) is 4.00. The van der Waals surface area contributed by atoms with E-state index in [9.17, 15) is 4.79 Å². The number of fused-ring (bicyclic) bond motifs is 1. The number of likely N-dealkylation sites (tertiary alicyclic amines) is 1. The summed E-state index contributed by atoms with van der Waals surface area (Å²) in [6.45, 7) is 10.1. The zero-order valence-electron chi connectivity index (χ0n) is 15.4. The van der Waals surface area contributed by atoms with Gasteiger partial charge < -0.3 is 14.4 Å². The Morgan fingerprint density at radius 1 is 1.36 bits per heavy atom. The predicted molar refractivity (Wildman–Crippen MR) is 95.7 cm³/mol. The average molecular weight is 343 g/mol. The quantitative estimate of drug-likeness (QED) is 0.831. The van der Waals surface area contributed by atoms with Crippen molar-refractivity contribution in [3.63, 3.8) is 0 Å². The molecular weight excluding hydrogens is 318 g/mol. The highest BCUT2D eigenvalue weighted by atomic mass is 16.6. The summed E-state index contributed by atoms with van der Waals surface area (Å²) in [5, 5.41) is 0.886. The van der Waals surface area contributed by atoms with E-state index in [0.29, 0.717) is 12.2 Å². The first kappa shape index (κ1) is 17.5. The van der Waals surface area contributed by atoms with E-state index in [1.807, 2.05) is 52.8 Å². The molecule has 1 amide bonds. The first-order valence-corrected chi connectivity index (χ1v) is 8.61. The number of aryl methyl sites for hydroxylation is 1. The third-order valence-corrected chi connectivity index (χ3v) is 4.13. The molecule has 0 N–H and O–H groups in total. The Labute approximate surface area is 148 Å². The minimum absolute atomic E-state index is 0.0761. The normalized spacial score (nSPS) is 20.8. The molecular formula is C19H25N3O3. The maximum Gasteiger partial charge on any atom is 0.410 e. The molecule has 0 saturated carbocycles. The topological polar surface area (TPSA) is 64.5 Å². The molecule has 1 saturated heterocycles. The minimum Gasteiger partial charge on any atom is -0.488 e. The SMILES string of the molecule is Cc1cc(O[C@@H]2C[C@H](C)N(C(=O)OC(C)(C)C)C2)c2cccnc2n1. The Morgan fingerprint density at radius 2 is 2.12 bits per heavy atom. The van der Waals surface area contributed by atoms with Gasteiger partial charge in [-0.1, -0.05) is 0 Å². The van der Waals surface area contributed by atoms with Gasteiger partial charge in [-0.15, -0.1) is 0 Å². The van der Waals surface area contributed by atoms with Crippen molar-refractivity contribution < 1.29 is 14.3 Å². The molecule has 25 heavy (non-hydrogen) atoms. The maximum absolute atomic E-state index is 12.4. The molecule has 0 radical (unpaired) electrons. The molecule has 2 aromatic heterocycles. The molecule has 0 aromatic carbocycles. The summed E-state index contributed by atoms with van der Waals surface area (Å²) >= 11 is 0. The van der Waals surface area contributed by atoms with Crippen LogP contribution in [0.2, 0.25) is 0 Å². The van der Waals surface area contributed by atoms with Crippen molar-refractivity contribution in [2.24, 2.45) is 0 Å².